The van der Waals surface area contributed by atoms with Crippen LogP contribution >= 0.6 is 0 Å². The lowest BCUT2D eigenvalue weighted by Crippen LogP contribution is -2.60. The SMILES string of the molecule is Cc1ccc(O[C@H]2O[C@H](CO)[C@@H](O)[C@H](O)[C@@H]2O)c(-c2cccc(OCC(=O)O)c2)c1. The van der Waals surface area contributed by atoms with Crippen LogP contribution in [0, 0.1) is 6.92 Å². The highest BCUT2D eigenvalue weighted by Crippen LogP contribution is 2.35. The zero-order chi connectivity index (χ0) is 21.8. The predicted octanol–water partition coefficient (Wildman–Crippen LogP) is 0.304. The quantitative estimate of drug-likeness (QED) is 0.427. The molecule has 1 aliphatic heterocycles. The van der Waals surface area contributed by atoms with E-state index in [1.54, 1.807) is 36.4 Å². The van der Waals surface area contributed by atoms with Gasteiger partial charge in [0.25, 0.3) is 0 Å². The molecule has 0 saturated carbocycles. The van der Waals surface area contributed by atoms with Gasteiger partial charge in [0.05, 0.1) is 6.61 Å². The maximum atomic E-state index is 10.7. The number of aliphatic hydroxyl groups is 4. The maximum Gasteiger partial charge on any atom is 0.341 e. The van der Waals surface area contributed by atoms with E-state index in [4.69, 9.17) is 19.3 Å². The lowest BCUT2D eigenvalue weighted by molar-refractivity contribution is -0.277. The van der Waals surface area contributed by atoms with Crippen molar-refractivity contribution in [2.75, 3.05) is 13.2 Å². The molecular weight excluding hydrogens is 396 g/mol. The number of carboxylic acid groups (broad SMARTS) is 1. The number of aryl methyl sites for hydroxylation is 1. The minimum absolute atomic E-state index is 0.320. The molecule has 2 aromatic carbocycles. The fourth-order valence-electron chi connectivity index (χ4n) is 3.16. The first-order valence-electron chi connectivity index (χ1n) is 9.33. The Hall–Kier alpha value is -2.69. The van der Waals surface area contributed by atoms with Gasteiger partial charge in [-0.05, 0) is 36.8 Å². The first-order valence-corrected chi connectivity index (χ1v) is 9.33. The fourth-order valence-corrected chi connectivity index (χ4v) is 3.16. The zero-order valence-electron chi connectivity index (χ0n) is 16.2. The molecule has 1 heterocycles. The lowest BCUT2D eigenvalue weighted by Gasteiger charge is -2.39. The van der Waals surface area contributed by atoms with Crippen molar-refractivity contribution < 1.29 is 44.5 Å². The number of hydrogen-bond acceptors (Lipinski definition) is 8. The summed E-state index contributed by atoms with van der Waals surface area (Å²) in [6.45, 7) is 0.839. The molecule has 0 radical (unpaired) electrons. The van der Waals surface area contributed by atoms with E-state index >= 15 is 0 Å². The van der Waals surface area contributed by atoms with Gasteiger partial charge in [-0.2, -0.15) is 0 Å². The van der Waals surface area contributed by atoms with Gasteiger partial charge in [0.1, 0.15) is 35.9 Å². The lowest BCUT2D eigenvalue weighted by atomic mass is 9.99. The van der Waals surface area contributed by atoms with Crippen LogP contribution in [0.3, 0.4) is 0 Å². The van der Waals surface area contributed by atoms with Gasteiger partial charge < -0.3 is 39.7 Å². The van der Waals surface area contributed by atoms with Crippen LogP contribution in [0.25, 0.3) is 11.1 Å². The number of benzene rings is 2. The molecule has 0 amide bonds. The predicted molar refractivity (Wildman–Crippen MR) is 104 cm³/mol. The molecule has 0 aromatic heterocycles. The molecule has 9 heteroatoms. The van der Waals surface area contributed by atoms with E-state index in [1.807, 2.05) is 13.0 Å². The van der Waals surface area contributed by atoms with Gasteiger partial charge in [0.2, 0.25) is 6.29 Å². The minimum atomic E-state index is -1.55. The van der Waals surface area contributed by atoms with Crippen molar-refractivity contribution >= 4 is 5.97 Å². The summed E-state index contributed by atoms with van der Waals surface area (Å²) in [5.74, 6) is -0.418. The molecule has 30 heavy (non-hydrogen) atoms. The molecule has 0 aliphatic carbocycles. The van der Waals surface area contributed by atoms with Gasteiger partial charge in [-0.1, -0.05) is 23.8 Å². The van der Waals surface area contributed by atoms with Gasteiger partial charge in [-0.15, -0.1) is 0 Å². The number of carbonyl (C=O) groups is 1. The van der Waals surface area contributed by atoms with E-state index < -0.39 is 49.9 Å². The molecule has 1 aliphatic rings. The third-order valence-corrected chi connectivity index (χ3v) is 4.73. The van der Waals surface area contributed by atoms with E-state index in [0.29, 0.717) is 22.6 Å². The molecule has 1 fully saturated rings. The minimum Gasteiger partial charge on any atom is -0.482 e. The number of carboxylic acids is 1. The van der Waals surface area contributed by atoms with Gasteiger partial charge in [0, 0.05) is 5.56 Å². The van der Waals surface area contributed by atoms with E-state index in [9.17, 15) is 25.2 Å². The standard InChI is InChI=1S/C21H24O9/c1-11-5-6-15(29-21-20(27)19(26)18(25)16(9-22)30-21)14(7-11)12-3-2-4-13(8-12)28-10-17(23)24/h2-8,16,18-22,25-27H,9-10H2,1H3,(H,23,24)/t16-,18-,19+,20+,21+/m1/s1. The molecule has 3 rings (SSSR count). The average molecular weight is 420 g/mol. The molecule has 162 valence electrons. The smallest absolute Gasteiger partial charge is 0.341 e. The van der Waals surface area contributed by atoms with Crippen molar-refractivity contribution in [1.82, 2.24) is 0 Å². The summed E-state index contributed by atoms with van der Waals surface area (Å²) < 4.78 is 16.5. The average Bonchev–Trinajstić information content (AvgIpc) is 2.74. The van der Waals surface area contributed by atoms with E-state index in [1.165, 1.54) is 0 Å². The van der Waals surface area contributed by atoms with Crippen LogP contribution in [0.5, 0.6) is 11.5 Å². The van der Waals surface area contributed by atoms with E-state index in [2.05, 4.69) is 0 Å². The van der Waals surface area contributed by atoms with Crippen molar-refractivity contribution in [1.29, 1.82) is 0 Å². The second kappa shape index (κ2) is 9.41. The van der Waals surface area contributed by atoms with Crippen molar-refractivity contribution in [2.24, 2.45) is 0 Å². The van der Waals surface area contributed by atoms with Crippen LogP contribution in [0.4, 0.5) is 0 Å². The molecule has 0 unspecified atom stereocenters. The molecule has 5 N–H and O–H groups in total. The normalized spacial score (nSPS) is 26.2. The second-order valence-corrected chi connectivity index (χ2v) is 7.02. The Labute approximate surface area is 172 Å². The zero-order valence-corrected chi connectivity index (χ0v) is 16.2. The third kappa shape index (κ3) is 4.89. The Morgan fingerprint density at radius 1 is 1.07 bits per heavy atom. The number of ether oxygens (including phenoxy) is 3. The summed E-state index contributed by atoms with van der Waals surface area (Å²) in [5, 5.41) is 48.3. The molecule has 9 nitrogen and oxygen atoms in total. The van der Waals surface area contributed by atoms with Gasteiger partial charge in [-0.3, -0.25) is 0 Å². The third-order valence-electron chi connectivity index (χ3n) is 4.73. The molecule has 0 spiro atoms. The van der Waals surface area contributed by atoms with Gasteiger partial charge in [-0.25, -0.2) is 4.79 Å². The highest BCUT2D eigenvalue weighted by Gasteiger charge is 2.44. The highest BCUT2D eigenvalue weighted by molar-refractivity contribution is 5.73. The number of aliphatic hydroxyl groups excluding tert-OH is 4. The monoisotopic (exact) mass is 420 g/mol. The first kappa shape index (κ1) is 22.0. The Morgan fingerprint density at radius 3 is 2.53 bits per heavy atom. The summed E-state index contributed by atoms with van der Waals surface area (Å²) in [6.07, 6.45) is -6.99. The van der Waals surface area contributed by atoms with E-state index in [-0.39, 0.29) is 0 Å². The molecule has 0 bridgehead atoms. The summed E-state index contributed by atoms with van der Waals surface area (Å²) in [6, 6.07) is 12.0. The summed E-state index contributed by atoms with van der Waals surface area (Å²) >= 11 is 0. The van der Waals surface area contributed by atoms with Crippen LogP contribution in [0.2, 0.25) is 0 Å². The van der Waals surface area contributed by atoms with Crippen molar-refractivity contribution in [2.45, 2.75) is 37.6 Å². The maximum absolute atomic E-state index is 10.7. The Kier molecular flexibility index (Phi) is 6.91. The molecule has 2 aromatic rings. The number of aliphatic carboxylic acids is 1. The van der Waals surface area contributed by atoms with Crippen LogP contribution in [0.15, 0.2) is 42.5 Å². The largest absolute Gasteiger partial charge is 0.482 e. The van der Waals surface area contributed by atoms with E-state index in [0.717, 1.165) is 5.56 Å². The van der Waals surface area contributed by atoms with Crippen LogP contribution in [0.1, 0.15) is 5.56 Å². The van der Waals surface area contributed by atoms with Gasteiger partial charge in [0.15, 0.2) is 6.61 Å². The first-order chi connectivity index (χ1) is 14.3. The highest BCUT2D eigenvalue weighted by atomic mass is 16.7. The molecular formula is C21H24O9. The number of rotatable bonds is 7. The van der Waals surface area contributed by atoms with Crippen molar-refractivity contribution in [3.63, 3.8) is 0 Å². The Balaban J connectivity index is 1.89. The summed E-state index contributed by atoms with van der Waals surface area (Å²) in [7, 11) is 0. The number of hydrogen-bond donors (Lipinski definition) is 5. The summed E-state index contributed by atoms with van der Waals surface area (Å²) in [5.41, 5.74) is 2.21. The topological polar surface area (TPSA) is 146 Å². The van der Waals surface area contributed by atoms with Crippen LogP contribution in [-0.4, -0.2) is 75.4 Å². The fraction of sp³-hybridized carbons (Fsp3) is 0.381. The van der Waals surface area contributed by atoms with Crippen LogP contribution < -0.4 is 9.47 Å². The van der Waals surface area contributed by atoms with Crippen molar-refractivity contribution in [3.05, 3.63) is 48.0 Å². The van der Waals surface area contributed by atoms with Crippen LogP contribution in [-0.2, 0) is 9.53 Å². The van der Waals surface area contributed by atoms with Gasteiger partial charge >= 0.3 is 5.97 Å². The Bertz CT molecular complexity index is 883. The van der Waals surface area contributed by atoms with Crippen molar-refractivity contribution in [3.8, 4) is 22.6 Å². The second-order valence-electron chi connectivity index (χ2n) is 7.02. The molecule has 5 atom stereocenters. The summed E-state index contributed by atoms with van der Waals surface area (Å²) in [4.78, 5) is 10.7. The molecule has 1 saturated heterocycles. The Morgan fingerprint density at radius 2 is 1.83 bits per heavy atom.